The standard InChI is InChI=1S/C12H24N2S/c1-8(2)14-10(15)13-7-9-11(3,4)12(9,5)6/h8-9H,7H2,1-6H3,(H2,13,14,15). The zero-order chi connectivity index (χ0) is 11.9. The molecule has 1 rings (SSSR count). The molecule has 1 fully saturated rings. The van der Waals surface area contributed by atoms with E-state index in [0.717, 1.165) is 17.6 Å². The Labute approximate surface area is 99.2 Å². The number of hydrogen-bond acceptors (Lipinski definition) is 1. The molecule has 0 amide bonds. The van der Waals surface area contributed by atoms with Crippen LogP contribution in [0, 0.1) is 16.7 Å². The van der Waals surface area contributed by atoms with Crippen molar-refractivity contribution in [1.29, 1.82) is 0 Å². The summed E-state index contributed by atoms with van der Waals surface area (Å²) in [5.74, 6) is 0.719. The lowest BCUT2D eigenvalue weighted by molar-refractivity contribution is 0.457. The number of nitrogens with one attached hydrogen (secondary N) is 2. The van der Waals surface area contributed by atoms with E-state index in [1.54, 1.807) is 0 Å². The Balaban J connectivity index is 2.32. The normalized spacial score (nSPS) is 22.6. The van der Waals surface area contributed by atoms with Crippen molar-refractivity contribution in [2.75, 3.05) is 6.54 Å². The van der Waals surface area contributed by atoms with Crippen LogP contribution in [0.2, 0.25) is 0 Å². The van der Waals surface area contributed by atoms with Crippen LogP contribution in [0.25, 0.3) is 0 Å². The third kappa shape index (κ3) is 2.44. The maximum atomic E-state index is 5.20. The quantitative estimate of drug-likeness (QED) is 0.726. The van der Waals surface area contributed by atoms with Gasteiger partial charge in [0.05, 0.1) is 0 Å². The summed E-state index contributed by atoms with van der Waals surface area (Å²) in [6.07, 6.45) is 0. The number of rotatable bonds is 3. The minimum absolute atomic E-state index is 0.408. The van der Waals surface area contributed by atoms with E-state index in [1.165, 1.54) is 0 Å². The Bertz CT molecular complexity index is 242. The van der Waals surface area contributed by atoms with Crippen LogP contribution in [0.3, 0.4) is 0 Å². The Kier molecular flexibility index (Phi) is 3.34. The smallest absolute Gasteiger partial charge is 0.166 e. The highest BCUT2D eigenvalue weighted by molar-refractivity contribution is 7.80. The van der Waals surface area contributed by atoms with Gasteiger partial charge >= 0.3 is 0 Å². The van der Waals surface area contributed by atoms with Crippen molar-refractivity contribution in [3.05, 3.63) is 0 Å². The first-order valence-electron chi connectivity index (χ1n) is 5.74. The monoisotopic (exact) mass is 228 g/mol. The molecular weight excluding hydrogens is 204 g/mol. The van der Waals surface area contributed by atoms with Crippen molar-refractivity contribution in [2.24, 2.45) is 16.7 Å². The fourth-order valence-corrected chi connectivity index (χ4v) is 2.67. The van der Waals surface area contributed by atoms with Gasteiger partial charge in [-0.1, -0.05) is 27.7 Å². The van der Waals surface area contributed by atoms with Crippen LogP contribution >= 0.6 is 12.2 Å². The highest BCUT2D eigenvalue weighted by atomic mass is 32.1. The van der Waals surface area contributed by atoms with E-state index in [9.17, 15) is 0 Å². The molecule has 0 aromatic carbocycles. The predicted molar refractivity (Wildman–Crippen MR) is 69.9 cm³/mol. The second-order valence-electron chi connectivity index (χ2n) is 6.01. The van der Waals surface area contributed by atoms with Crippen molar-refractivity contribution < 1.29 is 0 Å². The molecule has 0 heterocycles. The highest BCUT2D eigenvalue weighted by Crippen LogP contribution is 2.67. The minimum atomic E-state index is 0.408. The first kappa shape index (κ1) is 12.8. The Morgan fingerprint density at radius 1 is 1.20 bits per heavy atom. The van der Waals surface area contributed by atoms with Crippen molar-refractivity contribution in [1.82, 2.24) is 10.6 Å². The third-order valence-electron chi connectivity index (χ3n) is 4.21. The molecule has 1 saturated carbocycles. The second-order valence-corrected chi connectivity index (χ2v) is 6.41. The average molecular weight is 228 g/mol. The van der Waals surface area contributed by atoms with Crippen molar-refractivity contribution in [3.8, 4) is 0 Å². The summed E-state index contributed by atoms with van der Waals surface area (Å²) in [7, 11) is 0. The Hall–Kier alpha value is -0.310. The molecule has 3 heteroatoms. The van der Waals surface area contributed by atoms with Crippen LogP contribution in [0.4, 0.5) is 0 Å². The molecule has 1 aliphatic rings. The van der Waals surface area contributed by atoms with Gasteiger partial charge < -0.3 is 10.6 Å². The molecule has 0 unspecified atom stereocenters. The second kappa shape index (κ2) is 3.93. The van der Waals surface area contributed by atoms with E-state index in [2.05, 4.69) is 52.2 Å². The molecule has 0 aromatic heterocycles. The molecular formula is C12H24N2S. The summed E-state index contributed by atoms with van der Waals surface area (Å²) in [5, 5.41) is 7.29. The van der Waals surface area contributed by atoms with Gasteiger partial charge in [-0.25, -0.2) is 0 Å². The Morgan fingerprint density at radius 2 is 1.67 bits per heavy atom. The molecule has 0 radical (unpaired) electrons. The van der Waals surface area contributed by atoms with Crippen molar-refractivity contribution in [3.63, 3.8) is 0 Å². The Morgan fingerprint density at radius 3 is 2.00 bits per heavy atom. The summed E-state index contributed by atoms with van der Waals surface area (Å²) in [6, 6.07) is 0.408. The zero-order valence-electron chi connectivity index (χ0n) is 10.8. The topological polar surface area (TPSA) is 24.1 Å². The lowest BCUT2D eigenvalue weighted by Crippen LogP contribution is -2.40. The lowest BCUT2D eigenvalue weighted by atomic mass is 10.0. The van der Waals surface area contributed by atoms with Gasteiger partial charge in [0, 0.05) is 12.6 Å². The van der Waals surface area contributed by atoms with E-state index >= 15 is 0 Å². The number of hydrogen-bond donors (Lipinski definition) is 2. The summed E-state index contributed by atoms with van der Waals surface area (Å²) in [4.78, 5) is 0. The fourth-order valence-electron chi connectivity index (χ4n) is 2.35. The molecule has 0 atom stereocenters. The number of thiocarbonyl (C=S) groups is 1. The van der Waals surface area contributed by atoms with Gasteiger partial charge in [0.2, 0.25) is 0 Å². The van der Waals surface area contributed by atoms with Crippen LogP contribution in [-0.2, 0) is 0 Å². The molecule has 0 aromatic rings. The van der Waals surface area contributed by atoms with Crippen LogP contribution in [-0.4, -0.2) is 17.7 Å². The van der Waals surface area contributed by atoms with E-state index < -0.39 is 0 Å². The van der Waals surface area contributed by atoms with Crippen LogP contribution in [0.15, 0.2) is 0 Å². The fraction of sp³-hybridized carbons (Fsp3) is 0.917. The summed E-state index contributed by atoms with van der Waals surface area (Å²) in [5.41, 5.74) is 0.876. The zero-order valence-corrected chi connectivity index (χ0v) is 11.6. The van der Waals surface area contributed by atoms with Crippen molar-refractivity contribution in [2.45, 2.75) is 47.6 Å². The van der Waals surface area contributed by atoms with Gasteiger partial charge in [-0.2, -0.15) is 0 Å². The SMILES string of the molecule is CC(C)NC(=S)NCC1C(C)(C)C1(C)C. The van der Waals surface area contributed by atoms with E-state index in [1.807, 2.05) is 0 Å². The maximum absolute atomic E-state index is 5.20. The van der Waals surface area contributed by atoms with Gasteiger partial charge in [-0.05, 0) is 42.8 Å². The first-order valence-corrected chi connectivity index (χ1v) is 6.14. The van der Waals surface area contributed by atoms with Crippen LogP contribution < -0.4 is 10.6 Å². The molecule has 2 N–H and O–H groups in total. The molecule has 2 nitrogen and oxygen atoms in total. The van der Waals surface area contributed by atoms with E-state index in [4.69, 9.17) is 12.2 Å². The van der Waals surface area contributed by atoms with Crippen LogP contribution in [0.1, 0.15) is 41.5 Å². The van der Waals surface area contributed by atoms with Gasteiger partial charge in [-0.3, -0.25) is 0 Å². The average Bonchev–Trinajstić information content (AvgIpc) is 2.38. The lowest BCUT2D eigenvalue weighted by Gasteiger charge is -2.13. The summed E-state index contributed by atoms with van der Waals surface area (Å²) in [6.45, 7) is 14.5. The van der Waals surface area contributed by atoms with E-state index in [-0.39, 0.29) is 0 Å². The van der Waals surface area contributed by atoms with Crippen LogP contribution in [0.5, 0.6) is 0 Å². The van der Waals surface area contributed by atoms with Gasteiger partial charge in [-0.15, -0.1) is 0 Å². The highest BCUT2D eigenvalue weighted by Gasteiger charge is 2.64. The summed E-state index contributed by atoms with van der Waals surface area (Å²) >= 11 is 5.20. The van der Waals surface area contributed by atoms with E-state index in [0.29, 0.717) is 16.9 Å². The summed E-state index contributed by atoms with van der Waals surface area (Å²) < 4.78 is 0. The van der Waals surface area contributed by atoms with Gasteiger partial charge in [0.15, 0.2) is 5.11 Å². The molecule has 1 aliphatic carbocycles. The van der Waals surface area contributed by atoms with Gasteiger partial charge in [0.1, 0.15) is 0 Å². The van der Waals surface area contributed by atoms with Crippen molar-refractivity contribution >= 4 is 17.3 Å². The molecule has 0 bridgehead atoms. The molecule has 15 heavy (non-hydrogen) atoms. The largest absolute Gasteiger partial charge is 0.362 e. The predicted octanol–water partition coefficient (Wildman–Crippen LogP) is 2.54. The maximum Gasteiger partial charge on any atom is 0.166 e. The molecule has 0 saturated heterocycles. The molecule has 0 aliphatic heterocycles. The third-order valence-corrected chi connectivity index (χ3v) is 4.47. The minimum Gasteiger partial charge on any atom is -0.362 e. The molecule has 88 valence electrons. The molecule has 0 spiro atoms. The first-order chi connectivity index (χ1) is 6.69. The van der Waals surface area contributed by atoms with Gasteiger partial charge in [0.25, 0.3) is 0 Å².